The van der Waals surface area contributed by atoms with Gasteiger partial charge in [0, 0.05) is 23.7 Å². The van der Waals surface area contributed by atoms with Crippen molar-refractivity contribution in [3.63, 3.8) is 0 Å². The lowest BCUT2D eigenvalue weighted by atomic mass is 9.87. The number of ketones is 1. The maximum absolute atomic E-state index is 12.7. The Morgan fingerprint density at radius 1 is 1.17 bits per heavy atom. The van der Waals surface area contributed by atoms with E-state index in [1.807, 2.05) is 0 Å². The monoisotopic (exact) mass is 425 g/mol. The highest BCUT2D eigenvalue weighted by Gasteiger charge is 2.40. The highest BCUT2D eigenvalue weighted by molar-refractivity contribution is 6.74. The molecule has 0 saturated heterocycles. The number of rotatable bonds is 7. The van der Waals surface area contributed by atoms with E-state index in [1.165, 1.54) is 11.3 Å². The van der Waals surface area contributed by atoms with Crippen LogP contribution in [0.5, 0.6) is 0 Å². The lowest BCUT2D eigenvalue weighted by Crippen LogP contribution is -2.46. The van der Waals surface area contributed by atoms with Crippen LogP contribution in [0, 0.1) is 0 Å². The number of allylic oxidation sites excluding steroid dienone is 3. The van der Waals surface area contributed by atoms with Crippen molar-refractivity contribution in [2.45, 2.75) is 90.0 Å². The van der Waals surface area contributed by atoms with E-state index in [4.69, 9.17) is 4.43 Å². The fourth-order valence-corrected chi connectivity index (χ4v) is 5.28. The topological polar surface area (TPSA) is 29.5 Å². The summed E-state index contributed by atoms with van der Waals surface area (Å²) < 4.78 is 6.76. The number of hydrogen-bond donors (Lipinski definition) is 0. The third-order valence-electron chi connectivity index (χ3n) is 7.10. The minimum atomic E-state index is -1.89. The Balaban J connectivity index is 2.02. The van der Waals surface area contributed by atoms with Gasteiger partial charge in [0.15, 0.2) is 14.1 Å². The lowest BCUT2D eigenvalue weighted by molar-refractivity contribution is -0.116. The minimum Gasteiger partial charge on any atom is -0.414 e. The van der Waals surface area contributed by atoms with Gasteiger partial charge in [-0.2, -0.15) is 0 Å². The summed E-state index contributed by atoms with van der Waals surface area (Å²) in [4.78, 5) is 15.2. The standard InChI is InChI=1S/C26H39NO2Si/c1-7-12-21-17-18-22-23(15-11-16-25(22)28)27(21)24(20-13-9-8-10-14-20)19-29-30(5,6)26(2,3)4/h8-10,13-14,17-18,21,24H,7,11-12,15-16,19H2,1-6H3/t21-,24+/m1/s1. The summed E-state index contributed by atoms with van der Waals surface area (Å²) in [6.45, 7) is 14.4. The van der Waals surface area contributed by atoms with Gasteiger partial charge in [-0.05, 0) is 43.0 Å². The molecule has 2 atom stereocenters. The number of hydrogen-bond acceptors (Lipinski definition) is 3. The zero-order valence-electron chi connectivity index (χ0n) is 19.7. The third-order valence-corrected chi connectivity index (χ3v) is 11.6. The Bertz CT molecular complexity index is 804. The van der Waals surface area contributed by atoms with Gasteiger partial charge in [0.1, 0.15) is 0 Å². The maximum Gasteiger partial charge on any atom is 0.192 e. The van der Waals surface area contributed by atoms with Gasteiger partial charge in [-0.3, -0.25) is 4.79 Å². The van der Waals surface area contributed by atoms with Crippen LogP contribution >= 0.6 is 0 Å². The summed E-state index contributed by atoms with van der Waals surface area (Å²) in [5, 5.41) is 0.171. The van der Waals surface area contributed by atoms with Gasteiger partial charge in [-0.15, -0.1) is 0 Å². The van der Waals surface area contributed by atoms with Crippen LogP contribution in [0.2, 0.25) is 18.1 Å². The van der Waals surface area contributed by atoms with Crippen LogP contribution < -0.4 is 0 Å². The Morgan fingerprint density at radius 3 is 2.50 bits per heavy atom. The van der Waals surface area contributed by atoms with E-state index in [0.29, 0.717) is 24.9 Å². The quantitative estimate of drug-likeness (QED) is 0.450. The van der Waals surface area contributed by atoms with Gasteiger partial charge in [0.25, 0.3) is 0 Å². The number of carbonyl (C=O) groups is 1. The molecule has 0 fully saturated rings. The van der Waals surface area contributed by atoms with Gasteiger partial charge in [0.2, 0.25) is 0 Å². The summed E-state index contributed by atoms with van der Waals surface area (Å²) in [5.74, 6) is 0.296. The van der Waals surface area contributed by atoms with E-state index in [0.717, 1.165) is 31.3 Å². The molecule has 1 aliphatic heterocycles. The number of benzene rings is 1. The fourth-order valence-electron chi connectivity index (χ4n) is 4.27. The molecule has 1 aromatic carbocycles. The molecule has 4 heteroatoms. The molecular weight excluding hydrogens is 386 g/mol. The number of nitrogens with zero attached hydrogens (tertiary/aromatic N) is 1. The second kappa shape index (κ2) is 9.23. The van der Waals surface area contributed by atoms with Crippen molar-refractivity contribution in [3.8, 4) is 0 Å². The van der Waals surface area contributed by atoms with Crippen LogP contribution in [0.25, 0.3) is 0 Å². The highest BCUT2D eigenvalue weighted by Crippen LogP contribution is 2.41. The molecule has 1 aliphatic carbocycles. The van der Waals surface area contributed by atoms with E-state index in [1.54, 1.807) is 0 Å². The Labute approximate surface area is 184 Å². The normalized spacial score (nSPS) is 21.1. The predicted molar refractivity (Wildman–Crippen MR) is 128 cm³/mol. The smallest absolute Gasteiger partial charge is 0.192 e. The molecule has 0 aromatic heterocycles. The highest BCUT2D eigenvalue weighted by atomic mass is 28.4. The van der Waals surface area contributed by atoms with Crippen LogP contribution in [0.1, 0.15) is 71.4 Å². The molecule has 1 heterocycles. The molecule has 0 saturated carbocycles. The molecule has 2 aliphatic rings. The van der Waals surface area contributed by atoms with Crippen LogP contribution in [0.3, 0.4) is 0 Å². The average Bonchev–Trinajstić information content (AvgIpc) is 2.69. The van der Waals surface area contributed by atoms with Crippen molar-refractivity contribution in [2.24, 2.45) is 0 Å². The zero-order valence-corrected chi connectivity index (χ0v) is 20.7. The molecule has 3 nitrogen and oxygen atoms in total. The van der Waals surface area contributed by atoms with Crippen LogP contribution in [-0.2, 0) is 9.22 Å². The summed E-state index contributed by atoms with van der Waals surface area (Å²) in [6.07, 6.45) is 9.17. The summed E-state index contributed by atoms with van der Waals surface area (Å²) in [5.41, 5.74) is 3.44. The van der Waals surface area contributed by atoms with E-state index in [2.05, 4.69) is 88.2 Å². The third kappa shape index (κ3) is 4.81. The van der Waals surface area contributed by atoms with E-state index in [-0.39, 0.29) is 11.1 Å². The SMILES string of the molecule is CCC[C@@H]1C=CC2=C(CCCC2=O)N1[C@@H](CO[Si](C)(C)C(C)(C)C)c1ccccc1. The first kappa shape index (κ1) is 23.0. The summed E-state index contributed by atoms with van der Waals surface area (Å²) in [7, 11) is -1.89. The molecule has 1 aromatic rings. The van der Waals surface area contributed by atoms with Gasteiger partial charge >= 0.3 is 0 Å². The first-order valence-corrected chi connectivity index (χ1v) is 14.5. The zero-order chi connectivity index (χ0) is 21.9. The van der Waals surface area contributed by atoms with Crippen molar-refractivity contribution < 1.29 is 9.22 Å². The lowest BCUT2D eigenvalue weighted by Gasteiger charge is -2.46. The Kier molecular flexibility index (Phi) is 7.08. The van der Waals surface area contributed by atoms with E-state index < -0.39 is 8.32 Å². The second-order valence-electron chi connectivity index (χ2n) is 10.3. The second-order valence-corrected chi connectivity index (χ2v) is 15.1. The summed E-state index contributed by atoms with van der Waals surface area (Å²) in [6, 6.07) is 11.2. The molecule has 164 valence electrons. The molecule has 0 amide bonds. The fraction of sp³-hybridized carbons (Fsp3) is 0.577. The molecule has 0 unspecified atom stereocenters. The maximum atomic E-state index is 12.7. The van der Waals surface area contributed by atoms with Crippen molar-refractivity contribution >= 4 is 14.1 Å². The number of Topliss-reactive ketones (excluding diaryl/α,β-unsaturated/α-hetero) is 1. The van der Waals surface area contributed by atoms with Crippen molar-refractivity contribution in [2.75, 3.05) is 6.61 Å². The molecule has 0 radical (unpaired) electrons. The Hall–Kier alpha value is -1.65. The molecule has 30 heavy (non-hydrogen) atoms. The largest absolute Gasteiger partial charge is 0.414 e. The molecule has 0 bridgehead atoms. The molecule has 0 spiro atoms. The van der Waals surface area contributed by atoms with Gasteiger partial charge in [-0.25, -0.2) is 0 Å². The average molecular weight is 426 g/mol. The Morgan fingerprint density at radius 2 is 1.87 bits per heavy atom. The first-order chi connectivity index (χ1) is 14.2. The van der Waals surface area contributed by atoms with Crippen molar-refractivity contribution in [1.82, 2.24) is 4.90 Å². The van der Waals surface area contributed by atoms with Crippen molar-refractivity contribution in [3.05, 3.63) is 59.3 Å². The first-order valence-electron chi connectivity index (χ1n) is 11.6. The van der Waals surface area contributed by atoms with Gasteiger partial charge < -0.3 is 9.33 Å². The van der Waals surface area contributed by atoms with Crippen LogP contribution in [0.15, 0.2) is 53.8 Å². The number of carbonyl (C=O) groups excluding carboxylic acids is 1. The van der Waals surface area contributed by atoms with Gasteiger partial charge in [0.05, 0.1) is 12.6 Å². The summed E-state index contributed by atoms with van der Waals surface area (Å²) >= 11 is 0. The van der Waals surface area contributed by atoms with Gasteiger partial charge in [-0.1, -0.05) is 76.6 Å². The molecule has 0 N–H and O–H groups in total. The molecule has 3 rings (SSSR count). The predicted octanol–water partition coefficient (Wildman–Crippen LogP) is 6.80. The van der Waals surface area contributed by atoms with E-state index >= 15 is 0 Å². The van der Waals surface area contributed by atoms with Crippen molar-refractivity contribution in [1.29, 1.82) is 0 Å². The van der Waals surface area contributed by atoms with Crippen LogP contribution in [0.4, 0.5) is 0 Å². The van der Waals surface area contributed by atoms with Crippen LogP contribution in [-0.4, -0.2) is 31.6 Å². The molecular formula is C26H39NO2Si. The minimum absolute atomic E-state index is 0.123. The van der Waals surface area contributed by atoms with E-state index in [9.17, 15) is 4.79 Å².